The molecule has 0 bridgehead atoms. The first-order chi connectivity index (χ1) is 24.1. The first-order valence-corrected chi connectivity index (χ1v) is 20.9. The highest BCUT2D eigenvalue weighted by Gasteiger charge is 2.44. The van der Waals surface area contributed by atoms with Gasteiger partial charge in [0, 0.05) is 67.6 Å². The fourth-order valence-electron chi connectivity index (χ4n) is 9.17. The molecule has 1 N–H and O–H groups in total. The highest BCUT2D eigenvalue weighted by atomic mass is 28.3. The molecule has 0 amide bonds. The number of aryl methyl sites for hydroxylation is 3. The molecule has 3 aromatic carbocycles. The maximum Gasteiger partial charge on any atom is 0.269 e. The molecule has 0 saturated heterocycles. The molecule has 1 aliphatic carbocycles. The highest BCUT2D eigenvalue weighted by Crippen LogP contribution is 2.47. The average molecular weight is 681 g/mol. The van der Waals surface area contributed by atoms with Gasteiger partial charge in [-0.15, -0.1) is 6.58 Å². The third kappa shape index (κ3) is 5.15. The first kappa shape index (κ1) is 32.4. The minimum atomic E-state index is -2.23. The number of nitrogens with one attached hydrogen (secondary N) is 1. The van der Waals surface area contributed by atoms with Crippen molar-refractivity contribution < 1.29 is 9.72 Å². The SMILES string of the molecule is C=CCC(NCc1ccc([N+](=O)[O-])cc1)c1cn(C)c2cc(C)c(C3=C4C=CC(=O)C=C4[Si](C)(C)c4c3cc3c5c4CCCN5CCC3)cc12. The number of nitro groups is 1. The van der Waals surface area contributed by atoms with E-state index in [1.54, 1.807) is 23.8 Å². The molecule has 4 aliphatic rings. The van der Waals surface area contributed by atoms with Crippen LogP contribution >= 0.6 is 0 Å². The van der Waals surface area contributed by atoms with Crippen molar-refractivity contribution >= 4 is 46.9 Å². The van der Waals surface area contributed by atoms with Gasteiger partial charge in [0.05, 0.1) is 4.92 Å². The molecule has 0 spiro atoms. The molecule has 1 unspecified atom stereocenters. The normalized spacial score (nSPS) is 18.0. The molecular formula is C42H44N4O3Si. The standard InChI is InChI=1S/C42H44N4O3Si/c1-6-9-37(43-24-27-12-14-29(15-13-27)46(48)49)36-25-44(3)38-20-26(2)33(23-34(36)38)40-31-17-16-30(47)22-39(31)50(4,5)42-32-11-8-19-45-18-7-10-28(41(32)45)21-35(40)42/h6,12-17,20-23,25,37,43H,1,7-11,18-19,24H2,2-5H3. The monoisotopic (exact) mass is 680 g/mol. The lowest BCUT2D eigenvalue weighted by Gasteiger charge is -2.44. The molecule has 4 heterocycles. The third-order valence-electron chi connectivity index (χ3n) is 11.5. The summed E-state index contributed by atoms with van der Waals surface area (Å²) in [7, 11) is -0.119. The van der Waals surface area contributed by atoms with Crippen LogP contribution in [0.5, 0.6) is 0 Å². The molecule has 50 heavy (non-hydrogen) atoms. The molecule has 8 heteroatoms. The summed E-state index contributed by atoms with van der Waals surface area (Å²) in [6.45, 7) is 14.1. The number of non-ortho nitro benzene ring substituents is 1. The van der Waals surface area contributed by atoms with E-state index in [2.05, 4.69) is 78.9 Å². The van der Waals surface area contributed by atoms with Crippen molar-refractivity contribution in [3.63, 3.8) is 0 Å². The Bertz CT molecular complexity index is 2220. The van der Waals surface area contributed by atoms with Gasteiger partial charge >= 0.3 is 0 Å². The van der Waals surface area contributed by atoms with Crippen molar-refractivity contribution in [2.24, 2.45) is 7.05 Å². The van der Waals surface area contributed by atoms with Crippen molar-refractivity contribution in [2.75, 3.05) is 18.0 Å². The zero-order chi connectivity index (χ0) is 34.9. The zero-order valence-electron chi connectivity index (χ0n) is 29.4. The summed E-state index contributed by atoms with van der Waals surface area (Å²) in [6, 6.07) is 14.0. The van der Waals surface area contributed by atoms with E-state index >= 15 is 0 Å². The zero-order valence-corrected chi connectivity index (χ0v) is 30.4. The van der Waals surface area contributed by atoms with Crippen molar-refractivity contribution in [3.8, 4) is 0 Å². The van der Waals surface area contributed by atoms with Crippen LogP contribution in [-0.4, -0.2) is 36.4 Å². The van der Waals surface area contributed by atoms with Gasteiger partial charge in [0.1, 0.15) is 8.07 Å². The van der Waals surface area contributed by atoms with Crippen molar-refractivity contribution in [2.45, 2.75) is 64.7 Å². The Morgan fingerprint density at radius 2 is 1.82 bits per heavy atom. The second-order valence-corrected chi connectivity index (χ2v) is 19.2. The van der Waals surface area contributed by atoms with Crippen LogP contribution in [0.25, 0.3) is 16.5 Å². The summed E-state index contributed by atoms with van der Waals surface area (Å²) in [5.41, 5.74) is 14.3. The van der Waals surface area contributed by atoms with E-state index in [9.17, 15) is 14.9 Å². The lowest BCUT2D eigenvalue weighted by atomic mass is 9.82. The van der Waals surface area contributed by atoms with E-state index in [-0.39, 0.29) is 22.4 Å². The van der Waals surface area contributed by atoms with Gasteiger partial charge in [-0.2, -0.15) is 0 Å². The number of aromatic nitrogens is 1. The number of benzene rings is 3. The largest absolute Gasteiger partial charge is 0.371 e. The van der Waals surface area contributed by atoms with Gasteiger partial charge in [-0.3, -0.25) is 14.9 Å². The van der Waals surface area contributed by atoms with Crippen LogP contribution in [-0.2, 0) is 31.2 Å². The van der Waals surface area contributed by atoms with Crippen LogP contribution in [0.3, 0.4) is 0 Å². The number of hydrogen-bond acceptors (Lipinski definition) is 5. The number of rotatable bonds is 8. The summed E-state index contributed by atoms with van der Waals surface area (Å²) in [5.74, 6) is 0.0873. The van der Waals surface area contributed by atoms with Gasteiger partial charge in [-0.1, -0.05) is 37.4 Å². The molecule has 0 fully saturated rings. The van der Waals surface area contributed by atoms with Crippen molar-refractivity contribution in [3.05, 3.63) is 139 Å². The Balaban J connectivity index is 1.30. The van der Waals surface area contributed by atoms with Crippen LogP contribution in [0.1, 0.15) is 64.2 Å². The topological polar surface area (TPSA) is 80.4 Å². The van der Waals surface area contributed by atoms with Gasteiger partial charge in [0.25, 0.3) is 5.69 Å². The van der Waals surface area contributed by atoms with E-state index < -0.39 is 8.07 Å². The van der Waals surface area contributed by atoms with Gasteiger partial charge < -0.3 is 14.8 Å². The molecule has 7 nitrogen and oxygen atoms in total. The predicted molar refractivity (Wildman–Crippen MR) is 206 cm³/mol. The first-order valence-electron chi connectivity index (χ1n) is 17.9. The Morgan fingerprint density at radius 3 is 2.56 bits per heavy atom. The summed E-state index contributed by atoms with van der Waals surface area (Å²) in [4.78, 5) is 26.5. The lowest BCUT2D eigenvalue weighted by Crippen LogP contribution is -2.53. The molecule has 3 aliphatic heterocycles. The fraction of sp³-hybridized carbons (Fsp3) is 0.310. The van der Waals surface area contributed by atoms with Crippen molar-refractivity contribution in [1.82, 2.24) is 9.88 Å². The Hall–Kier alpha value is -4.79. The van der Waals surface area contributed by atoms with Crippen LogP contribution in [0.2, 0.25) is 13.1 Å². The molecule has 8 rings (SSSR count). The minimum Gasteiger partial charge on any atom is -0.371 e. The second kappa shape index (κ2) is 12.2. The summed E-state index contributed by atoms with van der Waals surface area (Å²) in [5, 5.41) is 18.9. The Labute approximate surface area is 294 Å². The van der Waals surface area contributed by atoms with E-state index in [1.807, 2.05) is 24.3 Å². The summed E-state index contributed by atoms with van der Waals surface area (Å²) < 4.78 is 2.22. The average Bonchev–Trinajstić information content (AvgIpc) is 3.41. The maximum atomic E-state index is 13.0. The Kier molecular flexibility index (Phi) is 7.92. The van der Waals surface area contributed by atoms with E-state index in [0.717, 1.165) is 37.9 Å². The highest BCUT2D eigenvalue weighted by molar-refractivity contribution is 6.98. The molecule has 0 saturated carbocycles. The van der Waals surface area contributed by atoms with E-state index in [0.29, 0.717) is 6.54 Å². The number of nitro benzene ring substituents is 1. The molecule has 1 atom stereocenters. The number of fused-ring (bicyclic) bond motifs is 4. The summed E-state index contributed by atoms with van der Waals surface area (Å²) in [6.07, 6.45) is 15.3. The van der Waals surface area contributed by atoms with E-state index in [1.165, 1.54) is 78.8 Å². The number of hydrogen-bond donors (Lipinski definition) is 1. The van der Waals surface area contributed by atoms with Gasteiger partial charge in [0.15, 0.2) is 5.78 Å². The van der Waals surface area contributed by atoms with Gasteiger partial charge in [-0.25, -0.2) is 0 Å². The van der Waals surface area contributed by atoms with Crippen LogP contribution in [0.4, 0.5) is 11.4 Å². The van der Waals surface area contributed by atoms with Crippen LogP contribution < -0.4 is 15.4 Å². The van der Waals surface area contributed by atoms with Crippen LogP contribution in [0, 0.1) is 17.0 Å². The lowest BCUT2D eigenvalue weighted by molar-refractivity contribution is -0.384. The number of ketones is 1. The fourth-order valence-corrected chi connectivity index (χ4v) is 12.7. The number of nitrogens with zero attached hydrogens (tertiary/aromatic N) is 3. The van der Waals surface area contributed by atoms with Crippen LogP contribution in [0.15, 0.2) is 90.3 Å². The number of carbonyl (C=O) groups excluding carboxylic acids is 1. The number of allylic oxidation sites excluding steroid dienone is 5. The molecule has 1 aromatic heterocycles. The molecule has 254 valence electrons. The second-order valence-electron chi connectivity index (χ2n) is 14.9. The maximum absolute atomic E-state index is 13.0. The molecular weight excluding hydrogens is 637 g/mol. The van der Waals surface area contributed by atoms with Gasteiger partial charge in [0.2, 0.25) is 0 Å². The van der Waals surface area contributed by atoms with Gasteiger partial charge in [-0.05, 0) is 130 Å². The smallest absolute Gasteiger partial charge is 0.269 e. The minimum absolute atomic E-state index is 0.00491. The molecule has 0 radical (unpaired) electrons. The molecule has 4 aromatic rings. The quantitative estimate of drug-likeness (QED) is 0.0888. The Morgan fingerprint density at radius 1 is 1.06 bits per heavy atom. The van der Waals surface area contributed by atoms with E-state index in [4.69, 9.17) is 0 Å². The third-order valence-corrected chi connectivity index (χ3v) is 15.0. The predicted octanol–water partition coefficient (Wildman–Crippen LogP) is 7.84. The summed E-state index contributed by atoms with van der Waals surface area (Å²) >= 11 is 0. The number of anilines is 1. The van der Waals surface area contributed by atoms with Crippen molar-refractivity contribution in [1.29, 1.82) is 0 Å². The number of carbonyl (C=O) groups is 1.